The van der Waals surface area contributed by atoms with Crippen LogP contribution in [0, 0.1) is 0 Å². The van der Waals surface area contributed by atoms with Gasteiger partial charge in [-0.2, -0.15) is 0 Å². The van der Waals surface area contributed by atoms with Crippen LogP contribution in [0.2, 0.25) is 0 Å². The number of phenolic OH excluding ortho intramolecular Hbond substituents is 2. The molecule has 0 aromatic heterocycles. The molecule has 2 rings (SSSR count). The lowest BCUT2D eigenvalue weighted by molar-refractivity contribution is 0.146. The van der Waals surface area contributed by atoms with Crippen LogP contribution in [0.3, 0.4) is 0 Å². The summed E-state index contributed by atoms with van der Waals surface area (Å²) in [5.41, 5.74) is 1.83. The second-order valence-corrected chi connectivity index (χ2v) is 4.54. The molecule has 2 aromatic rings. The number of hydrogen-bond donors (Lipinski definition) is 3. The minimum absolute atomic E-state index is 0.115. The number of rotatable bonds is 7. The van der Waals surface area contributed by atoms with Gasteiger partial charge in [0.25, 0.3) is 0 Å². The van der Waals surface area contributed by atoms with E-state index < -0.39 is 0 Å². The fourth-order valence-electron chi connectivity index (χ4n) is 1.79. The van der Waals surface area contributed by atoms with E-state index in [0.717, 1.165) is 17.0 Å². The Labute approximate surface area is 123 Å². The maximum absolute atomic E-state index is 9.43. The molecule has 0 heterocycles. The van der Waals surface area contributed by atoms with Crippen LogP contribution < -0.4 is 10.1 Å². The third kappa shape index (κ3) is 4.57. The molecule has 0 saturated heterocycles. The van der Waals surface area contributed by atoms with Crippen molar-refractivity contribution in [1.82, 2.24) is 0 Å². The maximum Gasteiger partial charge on any atom is 0.157 e. The van der Waals surface area contributed by atoms with Gasteiger partial charge >= 0.3 is 0 Å². The van der Waals surface area contributed by atoms with Gasteiger partial charge in [0.1, 0.15) is 12.4 Å². The van der Waals surface area contributed by atoms with Gasteiger partial charge in [0.05, 0.1) is 6.61 Å². The van der Waals surface area contributed by atoms with E-state index in [-0.39, 0.29) is 11.5 Å². The van der Waals surface area contributed by atoms with Crippen molar-refractivity contribution in [3.63, 3.8) is 0 Å². The second-order valence-electron chi connectivity index (χ2n) is 4.54. The van der Waals surface area contributed by atoms with Crippen molar-refractivity contribution in [2.45, 2.75) is 6.54 Å². The van der Waals surface area contributed by atoms with E-state index in [4.69, 9.17) is 9.47 Å². The van der Waals surface area contributed by atoms with E-state index in [9.17, 15) is 10.2 Å². The lowest BCUT2D eigenvalue weighted by Gasteiger charge is -2.09. The van der Waals surface area contributed by atoms with Crippen LogP contribution in [0.15, 0.2) is 42.5 Å². The number of nitrogens with one attached hydrogen (secondary N) is 1. The van der Waals surface area contributed by atoms with E-state index in [1.807, 2.05) is 24.3 Å². The predicted octanol–water partition coefficient (Wildman–Crippen LogP) is 2.74. The molecular formula is C16H19NO4. The first-order valence-electron chi connectivity index (χ1n) is 6.65. The molecule has 0 bridgehead atoms. The lowest BCUT2D eigenvalue weighted by atomic mass is 10.2. The highest BCUT2D eigenvalue weighted by Crippen LogP contribution is 2.25. The summed E-state index contributed by atoms with van der Waals surface area (Å²) in [6.45, 7) is 1.64. The van der Waals surface area contributed by atoms with E-state index in [1.165, 1.54) is 12.1 Å². The number of phenols is 2. The van der Waals surface area contributed by atoms with Gasteiger partial charge in [0, 0.05) is 19.3 Å². The van der Waals surface area contributed by atoms with Crippen molar-refractivity contribution in [3.8, 4) is 17.2 Å². The van der Waals surface area contributed by atoms with Crippen LogP contribution in [-0.2, 0) is 11.3 Å². The van der Waals surface area contributed by atoms with Crippen LogP contribution in [0.5, 0.6) is 17.2 Å². The van der Waals surface area contributed by atoms with Crippen LogP contribution in [0.1, 0.15) is 5.56 Å². The summed E-state index contributed by atoms with van der Waals surface area (Å²) in [6, 6.07) is 12.4. The molecule has 0 spiro atoms. The highest BCUT2D eigenvalue weighted by molar-refractivity contribution is 5.48. The third-order valence-corrected chi connectivity index (χ3v) is 2.95. The van der Waals surface area contributed by atoms with Crippen molar-refractivity contribution >= 4 is 5.69 Å². The molecule has 0 saturated carbocycles. The number of methoxy groups -OCH3 is 1. The molecule has 0 amide bonds. The number of hydrogen-bond acceptors (Lipinski definition) is 5. The summed E-state index contributed by atoms with van der Waals surface area (Å²) < 4.78 is 10.4. The number of anilines is 1. The number of benzene rings is 2. The van der Waals surface area contributed by atoms with Crippen LogP contribution in [0.25, 0.3) is 0 Å². The fraction of sp³-hybridized carbons (Fsp3) is 0.250. The molecule has 0 atom stereocenters. The Morgan fingerprint density at radius 3 is 2.38 bits per heavy atom. The largest absolute Gasteiger partial charge is 0.504 e. The molecule has 2 aromatic carbocycles. The topological polar surface area (TPSA) is 71.0 Å². The first-order valence-corrected chi connectivity index (χ1v) is 6.65. The summed E-state index contributed by atoms with van der Waals surface area (Å²) in [7, 11) is 1.64. The molecule has 5 nitrogen and oxygen atoms in total. The monoisotopic (exact) mass is 289 g/mol. The summed E-state index contributed by atoms with van der Waals surface area (Å²) in [5.74, 6) is 0.562. The van der Waals surface area contributed by atoms with Gasteiger partial charge in [-0.1, -0.05) is 6.07 Å². The smallest absolute Gasteiger partial charge is 0.157 e. The minimum atomic E-state index is -0.115. The maximum atomic E-state index is 9.43. The summed E-state index contributed by atoms with van der Waals surface area (Å²) in [6.07, 6.45) is 0. The van der Waals surface area contributed by atoms with E-state index in [1.54, 1.807) is 13.2 Å². The zero-order chi connectivity index (χ0) is 15.1. The zero-order valence-electron chi connectivity index (χ0n) is 11.9. The van der Waals surface area contributed by atoms with Crippen molar-refractivity contribution in [2.24, 2.45) is 0 Å². The third-order valence-electron chi connectivity index (χ3n) is 2.95. The molecule has 5 heteroatoms. The molecule has 0 aliphatic heterocycles. The molecule has 3 N–H and O–H groups in total. The van der Waals surface area contributed by atoms with Crippen molar-refractivity contribution in [3.05, 3.63) is 48.0 Å². The van der Waals surface area contributed by atoms with Crippen molar-refractivity contribution in [1.29, 1.82) is 0 Å². The van der Waals surface area contributed by atoms with E-state index in [0.29, 0.717) is 19.8 Å². The average molecular weight is 289 g/mol. The Balaban J connectivity index is 1.86. The Bertz CT molecular complexity index is 569. The van der Waals surface area contributed by atoms with Gasteiger partial charge in [0.15, 0.2) is 11.5 Å². The molecule has 0 fully saturated rings. The Morgan fingerprint density at radius 2 is 1.71 bits per heavy atom. The molecule has 0 aliphatic carbocycles. The first kappa shape index (κ1) is 15.0. The Kier molecular flexibility index (Phi) is 5.29. The van der Waals surface area contributed by atoms with Gasteiger partial charge in [-0.25, -0.2) is 0 Å². The van der Waals surface area contributed by atoms with Crippen molar-refractivity contribution < 1.29 is 19.7 Å². The van der Waals surface area contributed by atoms with Gasteiger partial charge < -0.3 is 25.0 Å². The normalized spacial score (nSPS) is 10.3. The van der Waals surface area contributed by atoms with Gasteiger partial charge in [0.2, 0.25) is 0 Å². The average Bonchev–Trinajstić information content (AvgIpc) is 2.50. The first-order chi connectivity index (χ1) is 10.2. The van der Waals surface area contributed by atoms with E-state index in [2.05, 4.69) is 5.32 Å². The van der Waals surface area contributed by atoms with Crippen LogP contribution in [0.4, 0.5) is 5.69 Å². The molecular weight excluding hydrogens is 270 g/mol. The van der Waals surface area contributed by atoms with Gasteiger partial charge in [-0.3, -0.25) is 0 Å². The van der Waals surface area contributed by atoms with Gasteiger partial charge in [-0.15, -0.1) is 0 Å². The second kappa shape index (κ2) is 7.40. The standard InChI is InChI=1S/C16H19NO4/c1-20-8-9-21-14-5-3-13(4-6-14)17-11-12-2-7-15(18)16(19)10-12/h2-7,10,17-19H,8-9,11H2,1H3. The lowest BCUT2D eigenvalue weighted by Crippen LogP contribution is -2.04. The predicted molar refractivity (Wildman–Crippen MR) is 80.9 cm³/mol. The molecule has 0 aliphatic rings. The molecule has 0 radical (unpaired) electrons. The number of ether oxygens (including phenoxy) is 2. The summed E-state index contributed by atoms with van der Waals surface area (Å²) in [4.78, 5) is 0. The molecule has 112 valence electrons. The Hall–Kier alpha value is -2.40. The molecule has 21 heavy (non-hydrogen) atoms. The van der Waals surface area contributed by atoms with Gasteiger partial charge in [-0.05, 0) is 42.0 Å². The van der Waals surface area contributed by atoms with Crippen molar-refractivity contribution in [2.75, 3.05) is 25.6 Å². The summed E-state index contributed by atoms with van der Waals surface area (Å²) in [5, 5.41) is 21.9. The highest BCUT2D eigenvalue weighted by atomic mass is 16.5. The summed E-state index contributed by atoms with van der Waals surface area (Å²) >= 11 is 0. The molecule has 0 unspecified atom stereocenters. The number of aromatic hydroxyl groups is 2. The minimum Gasteiger partial charge on any atom is -0.504 e. The van der Waals surface area contributed by atoms with Crippen LogP contribution in [-0.4, -0.2) is 30.5 Å². The zero-order valence-corrected chi connectivity index (χ0v) is 11.9. The SMILES string of the molecule is COCCOc1ccc(NCc2ccc(O)c(O)c2)cc1. The fourth-order valence-corrected chi connectivity index (χ4v) is 1.79. The van der Waals surface area contributed by atoms with E-state index >= 15 is 0 Å². The van der Waals surface area contributed by atoms with Crippen LogP contribution >= 0.6 is 0 Å². The Morgan fingerprint density at radius 1 is 0.952 bits per heavy atom. The highest BCUT2D eigenvalue weighted by Gasteiger charge is 2.01. The quantitative estimate of drug-likeness (QED) is 0.540.